The summed E-state index contributed by atoms with van der Waals surface area (Å²) < 4.78 is 1.71. The van der Waals surface area contributed by atoms with E-state index in [1.807, 2.05) is 25.2 Å². The standard InChI is InChI=1S/C15H15N3O2/c1-18-13(8-11(17-18)9-14(19)20)15-12-5-3-2-4-10(12)6-7-16-15/h2-5,8H,6-7,9H2,1H3,(H,19,20). The summed E-state index contributed by atoms with van der Waals surface area (Å²) in [7, 11) is 1.82. The van der Waals surface area contributed by atoms with Crippen molar-refractivity contribution in [1.29, 1.82) is 0 Å². The molecule has 5 heteroatoms. The van der Waals surface area contributed by atoms with Crippen LogP contribution in [0.25, 0.3) is 0 Å². The molecule has 1 aliphatic heterocycles. The summed E-state index contributed by atoms with van der Waals surface area (Å²) in [5.41, 5.74) is 4.72. The van der Waals surface area contributed by atoms with Crippen molar-refractivity contribution in [2.45, 2.75) is 12.8 Å². The van der Waals surface area contributed by atoms with Crippen LogP contribution in [-0.4, -0.2) is 33.1 Å². The van der Waals surface area contributed by atoms with E-state index in [1.165, 1.54) is 5.56 Å². The van der Waals surface area contributed by atoms with Gasteiger partial charge in [-0.3, -0.25) is 14.5 Å². The van der Waals surface area contributed by atoms with Crippen LogP contribution in [0.1, 0.15) is 22.5 Å². The van der Waals surface area contributed by atoms with Crippen molar-refractivity contribution in [1.82, 2.24) is 9.78 Å². The first-order valence-corrected chi connectivity index (χ1v) is 6.53. The first kappa shape index (κ1) is 12.6. The minimum atomic E-state index is -0.874. The van der Waals surface area contributed by atoms with Crippen LogP contribution < -0.4 is 0 Å². The molecule has 0 radical (unpaired) electrons. The van der Waals surface area contributed by atoms with Crippen LogP contribution in [0.3, 0.4) is 0 Å². The number of hydrogen-bond donors (Lipinski definition) is 1. The molecule has 0 spiro atoms. The number of aliphatic carboxylic acids is 1. The summed E-state index contributed by atoms with van der Waals surface area (Å²) >= 11 is 0. The second-order valence-corrected chi connectivity index (χ2v) is 4.85. The molecule has 3 rings (SSSR count). The van der Waals surface area contributed by atoms with E-state index >= 15 is 0 Å². The molecule has 0 aliphatic carbocycles. The molecule has 1 aromatic carbocycles. The zero-order valence-corrected chi connectivity index (χ0v) is 11.2. The second kappa shape index (κ2) is 4.92. The third kappa shape index (κ3) is 2.22. The van der Waals surface area contributed by atoms with E-state index < -0.39 is 5.97 Å². The molecule has 0 bridgehead atoms. The predicted octanol–water partition coefficient (Wildman–Crippen LogP) is 1.44. The Bertz CT molecular complexity index is 701. The van der Waals surface area contributed by atoms with Gasteiger partial charge in [0.25, 0.3) is 0 Å². The fourth-order valence-corrected chi connectivity index (χ4v) is 2.55. The van der Waals surface area contributed by atoms with Gasteiger partial charge in [0.05, 0.1) is 23.5 Å². The van der Waals surface area contributed by atoms with E-state index in [1.54, 1.807) is 4.68 Å². The van der Waals surface area contributed by atoms with Gasteiger partial charge in [0.1, 0.15) is 0 Å². The Morgan fingerprint density at radius 2 is 2.20 bits per heavy atom. The Morgan fingerprint density at radius 3 is 3.00 bits per heavy atom. The van der Waals surface area contributed by atoms with Gasteiger partial charge in [-0.25, -0.2) is 0 Å². The number of hydrogen-bond acceptors (Lipinski definition) is 3. The molecule has 2 aromatic rings. The van der Waals surface area contributed by atoms with Gasteiger partial charge in [-0.05, 0) is 18.1 Å². The molecular weight excluding hydrogens is 254 g/mol. The van der Waals surface area contributed by atoms with E-state index in [4.69, 9.17) is 5.11 Å². The van der Waals surface area contributed by atoms with Crippen LogP contribution in [0.5, 0.6) is 0 Å². The largest absolute Gasteiger partial charge is 0.481 e. The number of benzene rings is 1. The lowest BCUT2D eigenvalue weighted by atomic mass is 9.96. The van der Waals surface area contributed by atoms with Crippen LogP contribution in [-0.2, 0) is 24.7 Å². The molecule has 2 heterocycles. The minimum Gasteiger partial charge on any atom is -0.481 e. The third-order valence-electron chi connectivity index (χ3n) is 3.43. The number of aryl methyl sites for hydroxylation is 1. The second-order valence-electron chi connectivity index (χ2n) is 4.85. The number of carboxylic acids is 1. The Balaban J connectivity index is 2.03. The number of rotatable bonds is 3. The maximum absolute atomic E-state index is 10.8. The van der Waals surface area contributed by atoms with Crippen molar-refractivity contribution >= 4 is 11.7 Å². The van der Waals surface area contributed by atoms with E-state index in [0.717, 1.165) is 29.9 Å². The number of aliphatic imine (C=N–C) groups is 1. The molecule has 1 aromatic heterocycles. The lowest BCUT2D eigenvalue weighted by molar-refractivity contribution is -0.136. The summed E-state index contributed by atoms with van der Waals surface area (Å²) in [6, 6.07) is 10.00. The summed E-state index contributed by atoms with van der Waals surface area (Å²) in [4.78, 5) is 15.4. The summed E-state index contributed by atoms with van der Waals surface area (Å²) in [5, 5.41) is 13.1. The first-order chi connectivity index (χ1) is 9.65. The molecule has 0 amide bonds. The fraction of sp³-hybridized carbons (Fsp3) is 0.267. The Labute approximate surface area is 116 Å². The van der Waals surface area contributed by atoms with Crippen molar-refractivity contribution in [2.75, 3.05) is 6.54 Å². The molecular formula is C15H15N3O2. The van der Waals surface area contributed by atoms with Crippen molar-refractivity contribution in [3.63, 3.8) is 0 Å². The molecule has 0 fully saturated rings. The van der Waals surface area contributed by atoms with E-state index in [0.29, 0.717) is 5.69 Å². The lowest BCUT2D eigenvalue weighted by Crippen LogP contribution is -2.17. The molecule has 0 unspecified atom stereocenters. The van der Waals surface area contributed by atoms with E-state index in [2.05, 4.69) is 22.2 Å². The summed E-state index contributed by atoms with van der Waals surface area (Å²) in [5.74, 6) is -0.874. The number of carbonyl (C=O) groups is 1. The van der Waals surface area contributed by atoms with Crippen LogP contribution in [0.4, 0.5) is 0 Å². The van der Waals surface area contributed by atoms with Crippen LogP contribution >= 0.6 is 0 Å². The quantitative estimate of drug-likeness (QED) is 0.916. The zero-order chi connectivity index (χ0) is 14.1. The highest BCUT2D eigenvalue weighted by molar-refractivity contribution is 6.13. The molecule has 1 aliphatic rings. The van der Waals surface area contributed by atoms with Crippen LogP contribution in [0.2, 0.25) is 0 Å². The van der Waals surface area contributed by atoms with Crippen molar-refractivity contribution < 1.29 is 9.90 Å². The van der Waals surface area contributed by atoms with Gasteiger partial charge in [-0.1, -0.05) is 24.3 Å². The van der Waals surface area contributed by atoms with Gasteiger partial charge in [0.15, 0.2) is 0 Å². The van der Waals surface area contributed by atoms with Gasteiger partial charge in [-0.15, -0.1) is 0 Å². The highest BCUT2D eigenvalue weighted by atomic mass is 16.4. The predicted molar refractivity (Wildman–Crippen MR) is 75.2 cm³/mol. The Hall–Kier alpha value is -2.43. The Morgan fingerprint density at radius 1 is 1.40 bits per heavy atom. The topological polar surface area (TPSA) is 67.5 Å². The zero-order valence-electron chi connectivity index (χ0n) is 11.2. The molecule has 0 atom stereocenters. The molecule has 0 saturated carbocycles. The van der Waals surface area contributed by atoms with Gasteiger partial charge in [0, 0.05) is 19.2 Å². The maximum Gasteiger partial charge on any atom is 0.309 e. The lowest BCUT2D eigenvalue weighted by Gasteiger charge is -2.16. The number of fused-ring (bicyclic) bond motifs is 1. The normalized spacial score (nSPS) is 13.8. The van der Waals surface area contributed by atoms with E-state index in [-0.39, 0.29) is 6.42 Å². The average Bonchev–Trinajstić information content (AvgIpc) is 2.78. The number of nitrogens with zero attached hydrogens (tertiary/aromatic N) is 3. The van der Waals surface area contributed by atoms with Crippen molar-refractivity contribution in [3.8, 4) is 0 Å². The summed E-state index contributed by atoms with van der Waals surface area (Å²) in [6.45, 7) is 0.756. The van der Waals surface area contributed by atoms with Crippen molar-refractivity contribution in [3.05, 3.63) is 52.8 Å². The third-order valence-corrected chi connectivity index (χ3v) is 3.43. The SMILES string of the molecule is Cn1nc(CC(=O)O)cc1C1=NCCc2ccccc21. The van der Waals surface area contributed by atoms with Gasteiger partial charge in [0.2, 0.25) is 0 Å². The molecule has 102 valence electrons. The van der Waals surface area contributed by atoms with Gasteiger partial charge in [-0.2, -0.15) is 5.10 Å². The van der Waals surface area contributed by atoms with Gasteiger partial charge < -0.3 is 5.11 Å². The smallest absolute Gasteiger partial charge is 0.309 e. The van der Waals surface area contributed by atoms with E-state index in [9.17, 15) is 4.79 Å². The highest BCUT2D eigenvalue weighted by Gasteiger charge is 2.19. The minimum absolute atomic E-state index is 0.0667. The number of aromatic nitrogens is 2. The average molecular weight is 269 g/mol. The molecule has 20 heavy (non-hydrogen) atoms. The monoisotopic (exact) mass is 269 g/mol. The molecule has 0 saturated heterocycles. The highest BCUT2D eigenvalue weighted by Crippen LogP contribution is 2.20. The van der Waals surface area contributed by atoms with Crippen LogP contribution in [0, 0.1) is 0 Å². The first-order valence-electron chi connectivity index (χ1n) is 6.53. The Kier molecular flexibility index (Phi) is 3.10. The van der Waals surface area contributed by atoms with Gasteiger partial charge >= 0.3 is 5.97 Å². The maximum atomic E-state index is 10.8. The number of carboxylic acid groups (broad SMARTS) is 1. The van der Waals surface area contributed by atoms with Crippen LogP contribution in [0.15, 0.2) is 35.3 Å². The fourth-order valence-electron chi connectivity index (χ4n) is 2.55. The molecule has 5 nitrogen and oxygen atoms in total. The van der Waals surface area contributed by atoms with Crippen molar-refractivity contribution in [2.24, 2.45) is 12.0 Å². The summed E-state index contributed by atoms with van der Waals surface area (Å²) in [6.07, 6.45) is 0.877. The molecule has 1 N–H and O–H groups in total.